The highest BCUT2D eigenvalue weighted by molar-refractivity contribution is 5.69. The van der Waals surface area contributed by atoms with Crippen LogP contribution < -0.4 is 5.32 Å². The van der Waals surface area contributed by atoms with Gasteiger partial charge in [-0.2, -0.15) is 0 Å². The van der Waals surface area contributed by atoms with Crippen LogP contribution in [-0.2, 0) is 9.59 Å². The van der Waals surface area contributed by atoms with E-state index in [-0.39, 0.29) is 32.5 Å². The molecular weight excluding hydrogens is 218 g/mol. The van der Waals surface area contributed by atoms with Gasteiger partial charge < -0.3 is 25.7 Å². The van der Waals surface area contributed by atoms with Gasteiger partial charge in [-0.1, -0.05) is 0 Å². The molecule has 0 amide bonds. The molecule has 7 nitrogen and oxygen atoms in total. The summed E-state index contributed by atoms with van der Waals surface area (Å²) in [4.78, 5) is 19.6. The average Bonchev–Trinajstić information content (AvgIpc) is 2.18. The summed E-state index contributed by atoms with van der Waals surface area (Å²) in [5.74, 6) is -1.90. The number of hydrogen-bond acceptors (Lipinski definition) is 5. The third kappa shape index (κ3) is 23.0. The van der Waals surface area contributed by atoms with Crippen LogP contribution in [0.2, 0.25) is 0 Å². The monoisotopic (exact) mass is 237 g/mol. The molecule has 0 unspecified atom stereocenters. The predicted molar refractivity (Wildman–Crippen MR) is 56.2 cm³/mol. The maximum absolute atomic E-state index is 9.79. The minimum absolute atomic E-state index is 0.0632. The van der Waals surface area contributed by atoms with E-state index < -0.39 is 11.9 Å². The molecule has 0 saturated carbocycles. The molecule has 0 fully saturated rings. The minimum atomic E-state index is -0.948. The Balaban J connectivity index is 0. The van der Waals surface area contributed by atoms with E-state index in [1.54, 1.807) is 0 Å². The molecule has 0 aliphatic rings. The van der Waals surface area contributed by atoms with Crippen LogP contribution in [0.1, 0.15) is 19.3 Å². The van der Waals surface area contributed by atoms with Crippen LogP contribution in [0.15, 0.2) is 0 Å². The van der Waals surface area contributed by atoms with Gasteiger partial charge in [0, 0.05) is 25.9 Å². The van der Waals surface area contributed by atoms with Crippen LogP contribution in [0, 0.1) is 0 Å². The zero-order chi connectivity index (χ0) is 12.8. The van der Waals surface area contributed by atoms with Gasteiger partial charge in [0.05, 0.1) is 13.2 Å². The molecule has 0 radical (unpaired) electrons. The largest absolute Gasteiger partial charge is 0.481 e. The zero-order valence-corrected chi connectivity index (χ0v) is 9.06. The van der Waals surface area contributed by atoms with Crippen molar-refractivity contribution in [2.24, 2.45) is 0 Å². The van der Waals surface area contributed by atoms with Crippen LogP contribution in [0.5, 0.6) is 0 Å². The molecule has 0 heterocycles. The van der Waals surface area contributed by atoms with Crippen LogP contribution in [0.25, 0.3) is 0 Å². The highest BCUT2D eigenvalue weighted by Gasteiger charge is 1.99. The molecular formula is C9H19NO6. The summed E-state index contributed by atoms with van der Waals surface area (Å²) in [5, 5.41) is 35.1. The van der Waals surface area contributed by atoms with E-state index in [4.69, 9.17) is 20.4 Å². The molecule has 0 bridgehead atoms. The summed E-state index contributed by atoms with van der Waals surface area (Å²) in [6.07, 6.45) is 0.0866. The second-order valence-electron chi connectivity index (χ2n) is 2.84. The highest BCUT2D eigenvalue weighted by Crippen LogP contribution is 1.93. The molecule has 0 aromatic heterocycles. The molecule has 7 heteroatoms. The number of aliphatic carboxylic acids is 2. The zero-order valence-electron chi connectivity index (χ0n) is 9.06. The fraction of sp³-hybridized carbons (Fsp3) is 0.778. The molecule has 0 spiro atoms. The van der Waals surface area contributed by atoms with Gasteiger partial charge in [0.1, 0.15) is 0 Å². The Hall–Kier alpha value is -1.18. The second-order valence-corrected chi connectivity index (χ2v) is 2.84. The number of aliphatic hydroxyl groups is 2. The van der Waals surface area contributed by atoms with Gasteiger partial charge in [0.25, 0.3) is 0 Å². The van der Waals surface area contributed by atoms with Crippen molar-refractivity contribution >= 4 is 11.9 Å². The first-order chi connectivity index (χ1) is 7.54. The first kappa shape index (κ1) is 17.2. The van der Waals surface area contributed by atoms with Gasteiger partial charge in [-0.05, 0) is 6.42 Å². The number of rotatable bonds is 8. The highest BCUT2D eigenvalue weighted by atomic mass is 16.4. The molecule has 0 aromatic rings. The number of carboxylic acids is 2. The molecule has 0 rings (SSSR count). The standard InChI is InChI=1S/C5H8O4.C4H11NO2/c6-4(7)2-1-3-5(8)9;6-3-1-5-2-4-7/h1-3H2,(H,6,7)(H,8,9);5-7H,1-4H2. The average molecular weight is 237 g/mol. The predicted octanol–water partition coefficient (Wildman–Crippen LogP) is -1.11. The Morgan fingerprint density at radius 2 is 1.25 bits per heavy atom. The summed E-state index contributed by atoms with van der Waals surface area (Å²) in [6, 6.07) is 0. The smallest absolute Gasteiger partial charge is 0.303 e. The van der Waals surface area contributed by atoms with E-state index in [9.17, 15) is 9.59 Å². The summed E-state index contributed by atoms with van der Waals surface area (Å²) in [5.41, 5.74) is 0. The third-order valence-corrected chi connectivity index (χ3v) is 1.36. The van der Waals surface area contributed by atoms with E-state index in [1.165, 1.54) is 0 Å². The summed E-state index contributed by atoms with van der Waals surface area (Å²) in [7, 11) is 0. The van der Waals surface area contributed by atoms with Crippen LogP contribution >= 0.6 is 0 Å². The molecule has 5 N–H and O–H groups in total. The lowest BCUT2D eigenvalue weighted by molar-refractivity contribution is -0.138. The number of hydrogen-bond donors (Lipinski definition) is 5. The normalized spacial score (nSPS) is 9.12. The topological polar surface area (TPSA) is 127 Å². The van der Waals surface area contributed by atoms with E-state index in [2.05, 4.69) is 5.32 Å². The van der Waals surface area contributed by atoms with E-state index in [1.807, 2.05) is 0 Å². The molecule has 16 heavy (non-hydrogen) atoms. The first-order valence-corrected chi connectivity index (χ1v) is 4.90. The lowest BCUT2D eigenvalue weighted by Gasteiger charge is -1.94. The maximum atomic E-state index is 9.79. The first-order valence-electron chi connectivity index (χ1n) is 4.90. The van der Waals surface area contributed by atoms with E-state index in [0.29, 0.717) is 13.1 Å². The van der Waals surface area contributed by atoms with Crippen molar-refractivity contribution in [3.63, 3.8) is 0 Å². The molecule has 0 atom stereocenters. The number of aliphatic hydroxyl groups excluding tert-OH is 2. The Morgan fingerprint density at radius 3 is 1.50 bits per heavy atom. The molecule has 0 saturated heterocycles. The van der Waals surface area contributed by atoms with Crippen molar-refractivity contribution in [3.8, 4) is 0 Å². The van der Waals surface area contributed by atoms with Crippen LogP contribution in [0.4, 0.5) is 0 Å². The van der Waals surface area contributed by atoms with E-state index >= 15 is 0 Å². The van der Waals surface area contributed by atoms with Crippen molar-refractivity contribution in [1.82, 2.24) is 5.32 Å². The van der Waals surface area contributed by atoms with Crippen molar-refractivity contribution in [3.05, 3.63) is 0 Å². The molecule has 96 valence electrons. The number of carboxylic acid groups (broad SMARTS) is 2. The Kier molecular flexibility index (Phi) is 14.9. The summed E-state index contributed by atoms with van der Waals surface area (Å²) < 4.78 is 0. The summed E-state index contributed by atoms with van der Waals surface area (Å²) >= 11 is 0. The van der Waals surface area contributed by atoms with Crippen LogP contribution in [-0.4, -0.2) is 58.7 Å². The van der Waals surface area contributed by atoms with Crippen molar-refractivity contribution in [1.29, 1.82) is 0 Å². The number of nitrogens with one attached hydrogen (secondary N) is 1. The van der Waals surface area contributed by atoms with Gasteiger partial charge in [-0.25, -0.2) is 0 Å². The van der Waals surface area contributed by atoms with Gasteiger partial charge in [0.2, 0.25) is 0 Å². The Bertz CT molecular complexity index is 167. The third-order valence-electron chi connectivity index (χ3n) is 1.36. The fourth-order valence-electron chi connectivity index (χ4n) is 0.674. The molecule has 0 aromatic carbocycles. The Morgan fingerprint density at radius 1 is 0.875 bits per heavy atom. The quantitative estimate of drug-likeness (QED) is 0.338. The lowest BCUT2D eigenvalue weighted by atomic mass is 10.2. The summed E-state index contributed by atoms with van der Waals surface area (Å²) in [6.45, 7) is 1.42. The molecule has 0 aliphatic carbocycles. The second kappa shape index (κ2) is 13.8. The molecule has 0 aliphatic heterocycles. The van der Waals surface area contributed by atoms with Gasteiger partial charge in [0.15, 0.2) is 0 Å². The van der Waals surface area contributed by atoms with Crippen molar-refractivity contribution < 1.29 is 30.0 Å². The fourth-order valence-corrected chi connectivity index (χ4v) is 0.674. The SMILES string of the molecule is O=C(O)CCCC(=O)O.OCCNCCO. The van der Waals surface area contributed by atoms with Gasteiger partial charge in [-0.3, -0.25) is 9.59 Å². The minimum Gasteiger partial charge on any atom is -0.481 e. The lowest BCUT2D eigenvalue weighted by Crippen LogP contribution is -2.21. The van der Waals surface area contributed by atoms with Crippen LogP contribution in [0.3, 0.4) is 0 Å². The van der Waals surface area contributed by atoms with Gasteiger partial charge >= 0.3 is 11.9 Å². The maximum Gasteiger partial charge on any atom is 0.303 e. The van der Waals surface area contributed by atoms with Gasteiger partial charge in [-0.15, -0.1) is 0 Å². The van der Waals surface area contributed by atoms with E-state index in [0.717, 1.165) is 0 Å². The van der Waals surface area contributed by atoms with Crippen molar-refractivity contribution in [2.45, 2.75) is 19.3 Å². The Labute approximate surface area is 93.7 Å². The van der Waals surface area contributed by atoms with Crippen molar-refractivity contribution in [2.75, 3.05) is 26.3 Å². The number of carbonyl (C=O) groups is 2.